The van der Waals surface area contributed by atoms with E-state index >= 15 is 0 Å². The van der Waals surface area contributed by atoms with Crippen LogP contribution in [0.3, 0.4) is 0 Å². The van der Waals surface area contributed by atoms with Gasteiger partial charge >= 0.3 is 5.97 Å². The van der Waals surface area contributed by atoms with E-state index in [-0.39, 0.29) is 36.0 Å². The van der Waals surface area contributed by atoms with Crippen molar-refractivity contribution in [2.45, 2.75) is 13.0 Å². The lowest BCUT2D eigenvalue weighted by molar-refractivity contribution is -0.384. The van der Waals surface area contributed by atoms with Crippen molar-refractivity contribution in [2.24, 2.45) is 5.92 Å². The van der Waals surface area contributed by atoms with Gasteiger partial charge in [-0.15, -0.1) is 0 Å². The van der Waals surface area contributed by atoms with E-state index in [1.54, 1.807) is 4.90 Å². The van der Waals surface area contributed by atoms with E-state index in [0.29, 0.717) is 6.54 Å². The lowest BCUT2D eigenvalue weighted by Crippen LogP contribution is -2.28. The fourth-order valence-electron chi connectivity index (χ4n) is 3.22. The Kier molecular flexibility index (Phi) is 6.81. The average molecular weight is 427 g/mol. The van der Waals surface area contributed by atoms with Crippen LogP contribution in [0.2, 0.25) is 0 Å². The summed E-state index contributed by atoms with van der Waals surface area (Å²) in [7, 11) is 1.31. The maximum Gasteiger partial charge on any atom is 0.311 e. The van der Waals surface area contributed by atoms with E-state index in [2.05, 4.69) is 5.32 Å². The highest BCUT2D eigenvalue weighted by atomic mass is 16.6. The summed E-state index contributed by atoms with van der Waals surface area (Å²) in [6.45, 7) is 0.0799. The van der Waals surface area contributed by atoms with Gasteiger partial charge in [0.25, 0.3) is 11.6 Å². The molecule has 2 aromatic carbocycles. The van der Waals surface area contributed by atoms with Crippen molar-refractivity contribution >= 4 is 29.2 Å². The number of rotatable bonds is 8. The first-order chi connectivity index (χ1) is 14.9. The molecule has 2 amide bonds. The summed E-state index contributed by atoms with van der Waals surface area (Å²) >= 11 is 0. The lowest BCUT2D eigenvalue weighted by Gasteiger charge is -2.16. The maximum atomic E-state index is 12.3. The van der Waals surface area contributed by atoms with Gasteiger partial charge in [-0.25, -0.2) is 0 Å². The third-order valence-corrected chi connectivity index (χ3v) is 4.78. The summed E-state index contributed by atoms with van der Waals surface area (Å²) in [5.41, 5.74) is 0.979. The number of methoxy groups -OCH3 is 1. The first-order valence-corrected chi connectivity index (χ1v) is 9.48. The van der Waals surface area contributed by atoms with Crippen LogP contribution in [0.15, 0.2) is 48.5 Å². The minimum absolute atomic E-state index is 0.0312. The number of anilines is 1. The molecule has 3 rings (SSSR count). The van der Waals surface area contributed by atoms with Gasteiger partial charge in [0, 0.05) is 25.6 Å². The second-order valence-electron chi connectivity index (χ2n) is 6.96. The monoisotopic (exact) mass is 427 g/mol. The van der Waals surface area contributed by atoms with Crippen LogP contribution >= 0.6 is 0 Å². The van der Waals surface area contributed by atoms with Gasteiger partial charge in [-0.3, -0.25) is 24.5 Å². The van der Waals surface area contributed by atoms with Crippen molar-refractivity contribution in [1.82, 2.24) is 4.90 Å². The molecule has 1 saturated heterocycles. The SMILES string of the molecule is COc1cc([N+](=O)[O-])ccc1NC(=O)COC(=O)[C@@H]1CC(=O)N(Cc2ccccc2)C1. The summed E-state index contributed by atoms with van der Waals surface area (Å²) < 4.78 is 10.1. The minimum atomic E-state index is -0.641. The molecule has 0 unspecified atom stereocenters. The van der Waals surface area contributed by atoms with E-state index in [1.165, 1.54) is 25.3 Å². The zero-order valence-electron chi connectivity index (χ0n) is 16.8. The van der Waals surface area contributed by atoms with Crippen LogP contribution < -0.4 is 10.1 Å². The molecule has 1 fully saturated rings. The second-order valence-corrected chi connectivity index (χ2v) is 6.96. The molecule has 0 aromatic heterocycles. The topological polar surface area (TPSA) is 128 Å². The highest BCUT2D eigenvalue weighted by molar-refractivity contribution is 5.95. The van der Waals surface area contributed by atoms with Crippen molar-refractivity contribution in [3.05, 3.63) is 64.2 Å². The molecule has 0 aliphatic carbocycles. The van der Waals surface area contributed by atoms with Crippen molar-refractivity contribution < 1.29 is 28.8 Å². The van der Waals surface area contributed by atoms with E-state index in [0.717, 1.165) is 5.56 Å². The quantitative estimate of drug-likeness (QED) is 0.388. The number of esters is 1. The number of nitrogens with zero attached hydrogens (tertiary/aromatic N) is 2. The third kappa shape index (κ3) is 5.56. The molecule has 0 spiro atoms. The Bertz CT molecular complexity index is 994. The van der Waals surface area contributed by atoms with Crippen LogP contribution in [0, 0.1) is 16.0 Å². The number of amides is 2. The molecule has 1 atom stereocenters. The van der Waals surface area contributed by atoms with Gasteiger partial charge in [0.1, 0.15) is 5.75 Å². The molecule has 0 bridgehead atoms. The molecule has 1 N–H and O–H groups in total. The minimum Gasteiger partial charge on any atom is -0.494 e. The third-order valence-electron chi connectivity index (χ3n) is 4.78. The van der Waals surface area contributed by atoms with E-state index in [9.17, 15) is 24.5 Å². The number of ether oxygens (including phenoxy) is 2. The molecule has 10 heteroatoms. The second kappa shape index (κ2) is 9.70. The van der Waals surface area contributed by atoms with Crippen molar-refractivity contribution in [3.63, 3.8) is 0 Å². The molecule has 162 valence electrons. The average Bonchev–Trinajstić information content (AvgIpc) is 3.13. The fourth-order valence-corrected chi connectivity index (χ4v) is 3.22. The predicted molar refractivity (Wildman–Crippen MR) is 109 cm³/mol. The van der Waals surface area contributed by atoms with Crippen LogP contribution in [0.25, 0.3) is 0 Å². The summed E-state index contributed by atoms with van der Waals surface area (Å²) in [4.78, 5) is 48.5. The Morgan fingerprint density at radius 3 is 2.65 bits per heavy atom. The number of carbonyl (C=O) groups is 3. The fraction of sp³-hybridized carbons (Fsp3) is 0.286. The zero-order valence-corrected chi connectivity index (χ0v) is 16.8. The molecule has 0 radical (unpaired) electrons. The molecule has 0 saturated carbocycles. The Morgan fingerprint density at radius 1 is 1.23 bits per heavy atom. The Labute approximate surface area is 177 Å². The number of hydrogen-bond acceptors (Lipinski definition) is 7. The normalized spacial score (nSPS) is 15.5. The Hall–Kier alpha value is -3.95. The summed E-state index contributed by atoms with van der Waals surface area (Å²) in [6, 6.07) is 13.1. The molecule has 10 nitrogen and oxygen atoms in total. The summed E-state index contributed by atoms with van der Waals surface area (Å²) in [6.07, 6.45) is 0.0312. The van der Waals surface area contributed by atoms with Gasteiger partial charge in [-0.2, -0.15) is 0 Å². The van der Waals surface area contributed by atoms with Gasteiger partial charge in [0.15, 0.2) is 6.61 Å². The zero-order chi connectivity index (χ0) is 22.4. The largest absolute Gasteiger partial charge is 0.494 e. The number of likely N-dealkylation sites (tertiary alicyclic amines) is 1. The number of nitro benzene ring substituents is 1. The van der Waals surface area contributed by atoms with Crippen LogP contribution in [-0.2, 0) is 25.7 Å². The van der Waals surface area contributed by atoms with Crippen LogP contribution in [0.5, 0.6) is 5.75 Å². The molecular formula is C21H21N3O7. The summed E-state index contributed by atoms with van der Waals surface area (Å²) in [5, 5.41) is 13.3. The van der Waals surface area contributed by atoms with Gasteiger partial charge in [-0.05, 0) is 11.6 Å². The highest BCUT2D eigenvalue weighted by Gasteiger charge is 2.35. The lowest BCUT2D eigenvalue weighted by atomic mass is 10.1. The molecule has 1 aliphatic rings. The van der Waals surface area contributed by atoms with Crippen molar-refractivity contribution in [2.75, 3.05) is 25.6 Å². The van der Waals surface area contributed by atoms with Crippen molar-refractivity contribution in [3.8, 4) is 5.75 Å². The summed E-state index contributed by atoms with van der Waals surface area (Å²) in [5.74, 6) is -1.95. The highest BCUT2D eigenvalue weighted by Crippen LogP contribution is 2.29. The Morgan fingerprint density at radius 2 is 1.97 bits per heavy atom. The molecule has 1 aliphatic heterocycles. The molecule has 1 heterocycles. The van der Waals surface area contributed by atoms with Gasteiger partial charge in [0.05, 0.1) is 29.7 Å². The first-order valence-electron chi connectivity index (χ1n) is 9.48. The number of hydrogen-bond donors (Lipinski definition) is 1. The molecular weight excluding hydrogens is 406 g/mol. The van der Waals surface area contributed by atoms with Crippen LogP contribution in [0.4, 0.5) is 11.4 Å². The van der Waals surface area contributed by atoms with Crippen LogP contribution in [0.1, 0.15) is 12.0 Å². The van der Waals surface area contributed by atoms with Crippen LogP contribution in [-0.4, -0.2) is 47.9 Å². The maximum absolute atomic E-state index is 12.3. The molecule has 2 aromatic rings. The number of benzene rings is 2. The number of nitro groups is 1. The van der Waals surface area contributed by atoms with Crippen molar-refractivity contribution in [1.29, 1.82) is 0 Å². The van der Waals surface area contributed by atoms with E-state index in [4.69, 9.17) is 9.47 Å². The van der Waals surface area contributed by atoms with E-state index in [1.807, 2.05) is 30.3 Å². The number of non-ortho nitro benzene ring substituents is 1. The smallest absolute Gasteiger partial charge is 0.311 e. The predicted octanol–water partition coefficient (Wildman–Crippen LogP) is 2.13. The number of nitrogens with one attached hydrogen (secondary N) is 1. The first kappa shape index (κ1) is 21.8. The van der Waals surface area contributed by atoms with E-state index < -0.39 is 29.3 Å². The van der Waals surface area contributed by atoms with Gasteiger partial charge in [0.2, 0.25) is 5.91 Å². The van der Waals surface area contributed by atoms with Gasteiger partial charge in [-0.1, -0.05) is 30.3 Å². The molecule has 31 heavy (non-hydrogen) atoms. The standard InChI is InChI=1S/C21H21N3O7/c1-30-18-10-16(24(28)29)7-8-17(18)22-19(25)13-31-21(27)15-9-20(26)23(12-15)11-14-5-3-2-4-6-14/h2-8,10,15H,9,11-13H2,1H3,(H,22,25)/t15-/m1/s1. The van der Waals surface area contributed by atoms with Gasteiger partial charge < -0.3 is 19.7 Å². The Balaban J connectivity index is 1.51. The number of carbonyl (C=O) groups excluding carboxylic acids is 3.